The number of aliphatic hydroxyl groups excluding tert-OH is 1. The van der Waals surface area contributed by atoms with Gasteiger partial charge in [-0.2, -0.15) is 0 Å². The second-order valence-corrected chi connectivity index (χ2v) is 4.53. The summed E-state index contributed by atoms with van der Waals surface area (Å²) in [4.78, 5) is 0. The first-order valence-corrected chi connectivity index (χ1v) is 4.97. The van der Waals surface area contributed by atoms with E-state index in [2.05, 4.69) is 26.1 Å². The standard InChI is InChI=1S/C10H21NO/c1-4-11-9-7-8(12)5-6-10(9,2)3/h8-9,11-12H,4-7H2,1-3H3. The lowest BCUT2D eigenvalue weighted by Gasteiger charge is -2.41. The van der Waals surface area contributed by atoms with Crippen LogP contribution in [0.4, 0.5) is 0 Å². The maximum Gasteiger partial charge on any atom is 0.0555 e. The summed E-state index contributed by atoms with van der Waals surface area (Å²) in [5.74, 6) is 0. The Morgan fingerprint density at radius 2 is 2.17 bits per heavy atom. The van der Waals surface area contributed by atoms with Crippen molar-refractivity contribution in [2.24, 2.45) is 5.41 Å². The van der Waals surface area contributed by atoms with Gasteiger partial charge in [0.2, 0.25) is 0 Å². The van der Waals surface area contributed by atoms with Crippen LogP contribution in [0.1, 0.15) is 40.0 Å². The molecule has 0 aromatic rings. The molecule has 0 spiro atoms. The summed E-state index contributed by atoms with van der Waals surface area (Å²) in [6.07, 6.45) is 2.93. The van der Waals surface area contributed by atoms with Crippen LogP contribution < -0.4 is 5.32 Å². The van der Waals surface area contributed by atoms with Crippen LogP contribution in [0.15, 0.2) is 0 Å². The molecule has 0 heterocycles. The van der Waals surface area contributed by atoms with Crippen molar-refractivity contribution in [3.63, 3.8) is 0 Å². The molecule has 0 bridgehead atoms. The summed E-state index contributed by atoms with van der Waals surface area (Å²) in [5.41, 5.74) is 0.356. The van der Waals surface area contributed by atoms with Crippen molar-refractivity contribution in [1.29, 1.82) is 0 Å². The Morgan fingerprint density at radius 1 is 1.50 bits per heavy atom. The first-order valence-electron chi connectivity index (χ1n) is 4.97. The van der Waals surface area contributed by atoms with Gasteiger partial charge < -0.3 is 10.4 Å². The summed E-state index contributed by atoms with van der Waals surface area (Å²) in [6.45, 7) is 7.69. The molecule has 1 rings (SSSR count). The number of nitrogens with one attached hydrogen (secondary N) is 1. The Labute approximate surface area is 75.4 Å². The van der Waals surface area contributed by atoms with Gasteiger partial charge in [-0.25, -0.2) is 0 Å². The van der Waals surface area contributed by atoms with Crippen molar-refractivity contribution in [3.05, 3.63) is 0 Å². The smallest absolute Gasteiger partial charge is 0.0555 e. The molecule has 1 fully saturated rings. The molecule has 0 aromatic carbocycles. The van der Waals surface area contributed by atoms with E-state index in [-0.39, 0.29) is 6.10 Å². The van der Waals surface area contributed by atoms with E-state index in [1.165, 1.54) is 0 Å². The minimum absolute atomic E-state index is 0.0814. The molecule has 72 valence electrons. The highest BCUT2D eigenvalue weighted by Crippen LogP contribution is 2.35. The predicted octanol–water partition coefficient (Wildman–Crippen LogP) is 1.54. The topological polar surface area (TPSA) is 32.3 Å². The number of rotatable bonds is 2. The Balaban J connectivity index is 2.52. The van der Waals surface area contributed by atoms with Gasteiger partial charge in [0, 0.05) is 6.04 Å². The Morgan fingerprint density at radius 3 is 2.75 bits per heavy atom. The van der Waals surface area contributed by atoms with E-state index >= 15 is 0 Å². The molecule has 2 nitrogen and oxygen atoms in total. The number of aliphatic hydroxyl groups is 1. The summed E-state index contributed by atoms with van der Waals surface area (Å²) < 4.78 is 0. The highest BCUT2D eigenvalue weighted by Gasteiger charge is 2.34. The van der Waals surface area contributed by atoms with Crippen LogP contribution in [0, 0.1) is 5.41 Å². The predicted molar refractivity (Wildman–Crippen MR) is 51.1 cm³/mol. The van der Waals surface area contributed by atoms with Crippen LogP contribution in [0.3, 0.4) is 0 Å². The lowest BCUT2D eigenvalue weighted by atomic mass is 9.72. The average molecular weight is 171 g/mol. The maximum absolute atomic E-state index is 9.50. The van der Waals surface area contributed by atoms with Crippen molar-refractivity contribution >= 4 is 0 Å². The molecular weight excluding hydrogens is 150 g/mol. The second kappa shape index (κ2) is 3.75. The Kier molecular flexibility index (Phi) is 3.13. The molecule has 12 heavy (non-hydrogen) atoms. The van der Waals surface area contributed by atoms with E-state index < -0.39 is 0 Å². The van der Waals surface area contributed by atoms with Gasteiger partial charge >= 0.3 is 0 Å². The molecule has 1 aliphatic rings. The van der Waals surface area contributed by atoms with E-state index in [0.717, 1.165) is 25.8 Å². The van der Waals surface area contributed by atoms with Gasteiger partial charge in [-0.15, -0.1) is 0 Å². The molecule has 2 N–H and O–H groups in total. The van der Waals surface area contributed by atoms with Gasteiger partial charge in [0.05, 0.1) is 6.10 Å². The van der Waals surface area contributed by atoms with E-state index in [1.807, 2.05) is 0 Å². The third-order valence-electron chi connectivity index (χ3n) is 3.02. The summed E-state index contributed by atoms with van der Waals surface area (Å²) in [6, 6.07) is 0.492. The molecule has 2 unspecified atom stereocenters. The van der Waals surface area contributed by atoms with Crippen LogP contribution in [-0.4, -0.2) is 23.8 Å². The second-order valence-electron chi connectivity index (χ2n) is 4.53. The van der Waals surface area contributed by atoms with E-state index in [1.54, 1.807) is 0 Å². The number of hydrogen-bond donors (Lipinski definition) is 2. The van der Waals surface area contributed by atoms with Gasteiger partial charge in [0.15, 0.2) is 0 Å². The molecule has 0 saturated heterocycles. The lowest BCUT2D eigenvalue weighted by molar-refractivity contribution is 0.0494. The summed E-state index contributed by atoms with van der Waals surface area (Å²) in [7, 11) is 0. The van der Waals surface area contributed by atoms with Crippen LogP contribution in [0.2, 0.25) is 0 Å². The molecular formula is C10H21NO. The van der Waals surface area contributed by atoms with Crippen molar-refractivity contribution in [1.82, 2.24) is 5.32 Å². The van der Waals surface area contributed by atoms with Crippen molar-refractivity contribution < 1.29 is 5.11 Å². The van der Waals surface area contributed by atoms with Crippen molar-refractivity contribution in [2.45, 2.75) is 52.2 Å². The molecule has 0 aromatic heterocycles. The number of hydrogen-bond acceptors (Lipinski definition) is 2. The average Bonchev–Trinajstić information content (AvgIpc) is 1.98. The third kappa shape index (κ3) is 2.20. The van der Waals surface area contributed by atoms with E-state index in [0.29, 0.717) is 11.5 Å². The first kappa shape index (κ1) is 10.0. The fourth-order valence-electron chi connectivity index (χ4n) is 2.03. The van der Waals surface area contributed by atoms with E-state index in [9.17, 15) is 5.11 Å². The zero-order valence-corrected chi connectivity index (χ0v) is 8.43. The van der Waals surface area contributed by atoms with Gasteiger partial charge in [-0.3, -0.25) is 0 Å². The third-order valence-corrected chi connectivity index (χ3v) is 3.02. The van der Waals surface area contributed by atoms with Gasteiger partial charge in [0.1, 0.15) is 0 Å². The van der Waals surface area contributed by atoms with Crippen LogP contribution in [0.25, 0.3) is 0 Å². The molecule has 1 saturated carbocycles. The Bertz CT molecular complexity index is 145. The van der Waals surface area contributed by atoms with Gasteiger partial charge in [-0.1, -0.05) is 20.8 Å². The molecule has 2 heteroatoms. The summed E-state index contributed by atoms with van der Waals surface area (Å²) >= 11 is 0. The SMILES string of the molecule is CCNC1CC(O)CCC1(C)C. The Hall–Kier alpha value is -0.0800. The molecule has 0 amide bonds. The lowest BCUT2D eigenvalue weighted by Crippen LogP contribution is -2.47. The summed E-state index contributed by atoms with van der Waals surface area (Å²) in [5, 5.41) is 12.9. The van der Waals surface area contributed by atoms with Crippen molar-refractivity contribution in [2.75, 3.05) is 6.54 Å². The zero-order chi connectivity index (χ0) is 9.19. The normalized spacial score (nSPS) is 35.0. The quantitative estimate of drug-likeness (QED) is 0.660. The van der Waals surface area contributed by atoms with Crippen LogP contribution >= 0.6 is 0 Å². The van der Waals surface area contributed by atoms with Crippen LogP contribution in [-0.2, 0) is 0 Å². The minimum atomic E-state index is -0.0814. The van der Waals surface area contributed by atoms with E-state index in [4.69, 9.17) is 0 Å². The van der Waals surface area contributed by atoms with Crippen LogP contribution in [0.5, 0.6) is 0 Å². The maximum atomic E-state index is 9.50. The largest absolute Gasteiger partial charge is 0.393 e. The zero-order valence-electron chi connectivity index (χ0n) is 8.43. The molecule has 1 aliphatic carbocycles. The highest BCUT2D eigenvalue weighted by atomic mass is 16.3. The highest BCUT2D eigenvalue weighted by molar-refractivity contribution is 4.90. The molecule has 2 atom stereocenters. The van der Waals surface area contributed by atoms with Gasteiger partial charge in [0.25, 0.3) is 0 Å². The van der Waals surface area contributed by atoms with Crippen molar-refractivity contribution in [3.8, 4) is 0 Å². The fourth-order valence-corrected chi connectivity index (χ4v) is 2.03. The monoisotopic (exact) mass is 171 g/mol. The minimum Gasteiger partial charge on any atom is -0.393 e. The molecule has 0 radical (unpaired) electrons. The van der Waals surface area contributed by atoms with Gasteiger partial charge in [-0.05, 0) is 31.2 Å². The fraction of sp³-hybridized carbons (Fsp3) is 1.00. The first-order chi connectivity index (χ1) is 5.56. The molecule has 0 aliphatic heterocycles.